The molecule has 0 saturated carbocycles. The predicted octanol–water partition coefficient (Wildman–Crippen LogP) is 3.92. The molecule has 0 atom stereocenters. The second-order valence-electron chi connectivity index (χ2n) is 9.91. The van der Waals surface area contributed by atoms with Crippen LogP contribution in [-0.2, 0) is 22.4 Å². The lowest BCUT2D eigenvalue weighted by atomic mass is 9.94. The third-order valence-electron chi connectivity index (χ3n) is 7.51. The van der Waals surface area contributed by atoms with Gasteiger partial charge in [0.2, 0.25) is 5.95 Å². The van der Waals surface area contributed by atoms with Crippen molar-refractivity contribution in [2.45, 2.75) is 13.0 Å². The van der Waals surface area contributed by atoms with Crippen LogP contribution in [0.15, 0.2) is 41.4 Å². The van der Waals surface area contributed by atoms with E-state index in [0.717, 1.165) is 55.1 Å². The first-order valence-electron chi connectivity index (χ1n) is 13.1. The van der Waals surface area contributed by atoms with Crippen molar-refractivity contribution in [1.82, 2.24) is 9.88 Å². The maximum atomic E-state index is 15.3. The van der Waals surface area contributed by atoms with Crippen LogP contribution in [0.4, 0.5) is 20.3 Å². The third kappa shape index (κ3) is 5.01. The highest BCUT2D eigenvalue weighted by Gasteiger charge is 2.22. The number of nitrogens with zero attached hydrogens (tertiary/aromatic N) is 4. The molecule has 2 N–H and O–H groups in total. The SMILES string of the molecule is Nc1nc(F)c(-c2ccc(N3CCOCC3)c(CN3CCOCC3)c2)cc1-c1cc2c(cc1F)C=NCC2. The zero-order valence-corrected chi connectivity index (χ0v) is 21.3. The summed E-state index contributed by atoms with van der Waals surface area (Å²) >= 11 is 0. The van der Waals surface area contributed by atoms with E-state index in [1.807, 2.05) is 18.2 Å². The van der Waals surface area contributed by atoms with Crippen LogP contribution in [0.25, 0.3) is 22.3 Å². The van der Waals surface area contributed by atoms with E-state index >= 15 is 8.78 Å². The number of aliphatic imine (C=N–C) groups is 1. The molecule has 1 aromatic heterocycles. The quantitative estimate of drug-likeness (QED) is 0.515. The lowest BCUT2D eigenvalue weighted by molar-refractivity contribution is 0.0342. The Labute approximate surface area is 220 Å². The lowest BCUT2D eigenvalue weighted by Gasteiger charge is -2.33. The Bertz CT molecular complexity index is 1370. The average Bonchev–Trinajstić information content (AvgIpc) is 2.94. The second kappa shape index (κ2) is 10.8. The van der Waals surface area contributed by atoms with Crippen molar-refractivity contribution in [2.75, 3.05) is 69.8 Å². The Balaban J connectivity index is 1.41. The summed E-state index contributed by atoms with van der Waals surface area (Å²) in [6.07, 6.45) is 2.41. The summed E-state index contributed by atoms with van der Waals surface area (Å²) in [6, 6.07) is 10.9. The summed E-state index contributed by atoms with van der Waals surface area (Å²) in [5, 5.41) is 0. The Kier molecular flexibility index (Phi) is 7.06. The number of aromatic nitrogens is 1. The minimum absolute atomic E-state index is 0.0342. The Morgan fingerprint density at radius 3 is 2.42 bits per heavy atom. The number of nitrogen functional groups attached to an aromatic ring is 1. The van der Waals surface area contributed by atoms with E-state index in [1.165, 1.54) is 6.07 Å². The number of anilines is 2. The number of hydrogen-bond donors (Lipinski definition) is 1. The average molecular weight is 520 g/mol. The summed E-state index contributed by atoms with van der Waals surface area (Å²) < 4.78 is 41.6. The molecule has 2 saturated heterocycles. The molecule has 0 aliphatic carbocycles. The molecule has 0 bridgehead atoms. The minimum atomic E-state index is -0.673. The predicted molar refractivity (Wildman–Crippen MR) is 145 cm³/mol. The topological polar surface area (TPSA) is 76.2 Å². The van der Waals surface area contributed by atoms with Crippen LogP contribution in [0.3, 0.4) is 0 Å². The van der Waals surface area contributed by atoms with Crippen molar-refractivity contribution in [3.63, 3.8) is 0 Å². The van der Waals surface area contributed by atoms with Crippen LogP contribution in [0.2, 0.25) is 0 Å². The molecule has 3 aromatic rings. The number of benzene rings is 2. The molecular weight excluding hydrogens is 488 g/mol. The standard InChI is InChI=1S/C29H31F2N5O2/c30-26-15-21-17-33-4-3-19(21)14-24(26)25-16-23(28(31)34-29(25)32)20-1-2-27(36-7-11-38-12-8-36)22(13-20)18-35-5-9-37-10-6-35/h1-2,13-17H,3-12,18H2,(H2,32,34). The van der Waals surface area contributed by atoms with Gasteiger partial charge in [-0.1, -0.05) is 6.07 Å². The number of morpholine rings is 2. The van der Waals surface area contributed by atoms with E-state index in [2.05, 4.69) is 19.8 Å². The van der Waals surface area contributed by atoms with Crippen molar-refractivity contribution in [1.29, 1.82) is 0 Å². The van der Waals surface area contributed by atoms with Gasteiger partial charge in [0.15, 0.2) is 0 Å². The van der Waals surface area contributed by atoms with Crippen LogP contribution in [0.1, 0.15) is 16.7 Å². The number of nitrogens with two attached hydrogens (primary N) is 1. The number of rotatable bonds is 5. The molecule has 198 valence electrons. The second-order valence-corrected chi connectivity index (χ2v) is 9.91. The number of halogens is 2. The zero-order valence-electron chi connectivity index (χ0n) is 21.3. The van der Waals surface area contributed by atoms with E-state index in [9.17, 15) is 0 Å². The molecule has 9 heteroatoms. The van der Waals surface area contributed by atoms with Gasteiger partial charge in [-0.3, -0.25) is 9.89 Å². The molecule has 6 rings (SSSR count). The first-order valence-corrected chi connectivity index (χ1v) is 13.1. The normalized spacial score (nSPS) is 18.0. The van der Waals surface area contributed by atoms with Gasteiger partial charge in [-0.2, -0.15) is 4.39 Å². The number of fused-ring (bicyclic) bond motifs is 1. The maximum absolute atomic E-state index is 15.3. The van der Waals surface area contributed by atoms with Crippen LogP contribution < -0.4 is 10.6 Å². The van der Waals surface area contributed by atoms with Crippen molar-refractivity contribution >= 4 is 17.7 Å². The first-order chi connectivity index (χ1) is 18.6. The van der Waals surface area contributed by atoms with E-state index in [1.54, 1.807) is 18.3 Å². The third-order valence-corrected chi connectivity index (χ3v) is 7.51. The zero-order chi connectivity index (χ0) is 26.1. The van der Waals surface area contributed by atoms with Crippen molar-refractivity contribution in [2.24, 2.45) is 4.99 Å². The molecule has 4 heterocycles. The fourth-order valence-electron chi connectivity index (χ4n) is 5.44. The number of ether oxygens (including phenoxy) is 2. The molecule has 0 unspecified atom stereocenters. The van der Waals surface area contributed by atoms with Crippen LogP contribution in [-0.4, -0.2) is 75.2 Å². The van der Waals surface area contributed by atoms with Crippen LogP contribution >= 0.6 is 0 Å². The fourth-order valence-corrected chi connectivity index (χ4v) is 5.44. The van der Waals surface area contributed by atoms with Gasteiger partial charge in [0.25, 0.3) is 0 Å². The van der Waals surface area contributed by atoms with Gasteiger partial charge in [0.05, 0.1) is 26.4 Å². The van der Waals surface area contributed by atoms with E-state index in [-0.39, 0.29) is 5.82 Å². The van der Waals surface area contributed by atoms with Gasteiger partial charge >= 0.3 is 0 Å². The smallest absolute Gasteiger partial charge is 0.222 e. The highest BCUT2D eigenvalue weighted by Crippen LogP contribution is 2.36. The largest absolute Gasteiger partial charge is 0.383 e. The van der Waals surface area contributed by atoms with Gasteiger partial charge in [-0.25, -0.2) is 9.37 Å². The van der Waals surface area contributed by atoms with Crippen molar-refractivity contribution < 1.29 is 18.3 Å². The van der Waals surface area contributed by atoms with Crippen LogP contribution in [0, 0.1) is 11.8 Å². The fraction of sp³-hybridized carbons (Fsp3) is 0.379. The van der Waals surface area contributed by atoms with Gasteiger partial charge in [-0.05, 0) is 59.0 Å². The molecule has 38 heavy (non-hydrogen) atoms. The molecule has 0 amide bonds. The van der Waals surface area contributed by atoms with Gasteiger partial charge in [0, 0.05) is 67.9 Å². The van der Waals surface area contributed by atoms with E-state index in [0.29, 0.717) is 61.6 Å². The molecule has 0 radical (unpaired) electrons. The van der Waals surface area contributed by atoms with E-state index < -0.39 is 11.8 Å². The summed E-state index contributed by atoms with van der Waals surface area (Å²) in [4.78, 5) is 12.9. The Morgan fingerprint density at radius 2 is 1.63 bits per heavy atom. The Morgan fingerprint density at radius 1 is 0.868 bits per heavy atom. The number of pyridine rings is 1. The summed E-state index contributed by atoms with van der Waals surface area (Å²) in [7, 11) is 0. The molecular formula is C29H31F2N5O2. The van der Waals surface area contributed by atoms with E-state index in [4.69, 9.17) is 15.2 Å². The van der Waals surface area contributed by atoms with Crippen LogP contribution in [0.5, 0.6) is 0 Å². The first kappa shape index (κ1) is 24.9. The van der Waals surface area contributed by atoms with Gasteiger partial charge in [-0.15, -0.1) is 0 Å². The maximum Gasteiger partial charge on any atom is 0.222 e. The van der Waals surface area contributed by atoms with Crippen molar-refractivity contribution in [3.05, 3.63) is 64.9 Å². The Hall–Kier alpha value is -3.40. The molecule has 3 aliphatic rings. The lowest BCUT2D eigenvalue weighted by Crippen LogP contribution is -2.38. The highest BCUT2D eigenvalue weighted by molar-refractivity contribution is 5.87. The molecule has 2 fully saturated rings. The monoisotopic (exact) mass is 519 g/mol. The molecule has 3 aliphatic heterocycles. The molecule has 2 aromatic carbocycles. The molecule has 7 nitrogen and oxygen atoms in total. The number of hydrogen-bond acceptors (Lipinski definition) is 7. The highest BCUT2D eigenvalue weighted by atomic mass is 19.1. The van der Waals surface area contributed by atoms with Gasteiger partial charge < -0.3 is 20.1 Å². The van der Waals surface area contributed by atoms with Crippen molar-refractivity contribution in [3.8, 4) is 22.3 Å². The van der Waals surface area contributed by atoms with Gasteiger partial charge in [0.1, 0.15) is 11.6 Å². The summed E-state index contributed by atoms with van der Waals surface area (Å²) in [5.74, 6) is -1.14. The molecule has 0 spiro atoms. The summed E-state index contributed by atoms with van der Waals surface area (Å²) in [5.41, 5.74) is 11.8. The summed E-state index contributed by atoms with van der Waals surface area (Å²) in [6.45, 7) is 7.43. The minimum Gasteiger partial charge on any atom is -0.383 e.